The van der Waals surface area contributed by atoms with Gasteiger partial charge in [0, 0.05) is 4.47 Å². The van der Waals surface area contributed by atoms with E-state index in [1.54, 1.807) is 6.07 Å². The fourth-order valence-electron chi connectivity index (χ4n) is 1.71. The summed E-state index contributed by atoms with van der Waals surface area (Å²) in [6.07, 6.45) is 1.43. The highest BCUT2D eigenvalue weighted by Crippen LogP contribution is 2.23. The van der Waals surface area contributed by atoms with Gasteiger partial charge in [-0.05, 0) is 18.2 Å². The first-order valence-electron chi connectivity index (χ1n) is 5.71. The molecular formula is C12H7BrClN5O2. The number of phenols is 1. The lowest BCUT2D eigenvalue weighted by atomic mass is 10.2. The second-order valence-electron chi connectivity index (χ2n) is 4.05. The van der Waals surface area contributed by atoms with Crippen LogP contribution in [0.3, 0.4) is 0 Å². The molecule has 0 saturated carbocycles. The number of aromatic nitrogens is 4. The van der Waals surface area contributed by atoms with E-state index in [9.17, 15) is 9.90 Å². The van der Waals surface area contributed by atoms with Crippen LogP contribution in [0.1, 0.15) is 10.4 Å². The van der Waals surface area contributed by atoms with Crippen molar-refractivity contribution in [3.63, 3.8) is 0 Å². The van der Waals surface area contributed by atoms with E-state index in [4.69, 9.17) is 11.6 Å². The molecule has 0 fully saturated rings. The molecule has 3 rings (SSSR count). The first kappa shape index (κ1) is 13.8. The van der Waals surface area contributed by atoms with Gasteiger partial charge in [0.15, 0.2) is 10.8 Å². The quantitative estimate of drug-likeness (QED) is 0.603. The van der Waals surface area contributed by atoms with Gasteiger partial charge < -0.3 is 10.1 Å². The van der Waals surface area contributed by atoms with Crippen molar-refractivity contribution in [3.05, 3.63) is 39.7 Å². The van der Waals surface area contributed by atoms with E-state index in [1.807, 2.05) is 0 Å². The molecule has 0 aliphatic rings. The number of nitrogens with zero attached hydrogens (tertiary/aromatic N) is 3. The number of H-pyrrole nitrogens is 1. The molecule has 0 atom stereocenters. The van der Waals surface area contributed by atoms with E-state index in [1.165, 1.54) is 18.5 Å². The molecule has 1 amide bonds. The van der Waals surface area contributed by atoms with Crippen LogP contribution >= 0.6 is 27.5 Å². The number of anilines is 1. The van der Waals surface area contributed by atoms with Gasteiger partial charge in [0.1, 0.15) is 11.3 Å². The average Bonchev–Trinajstić information content (AvgIpc) is 2.90. The molecule has 21 heavy (non-hydrogen) atoms. The smallest absolute Gasteiger partial charge is 0.261 e. The maximum atomic E-state index is 12.1. The Hall–Kier alpha value is -2.19. The first-order chi connectivity index (χ1) is 10.0. The van der Waals surface area contributed by atoms with Gasteiger partial charge in [-0.3, -0.25) is 10.1 Å². The molecule has 0 aliphatic heterocycles. The van der Waals surface area contributed by atoms with Crippen LogP contribution in [0, 0.1) is 0 Å². The molecule has 0 unspecified atom stereocenters. The predicted molar refractivity (Wildman–Crippen MR) is 80.5 cm³/mol. The molecule has 0 aliphatic carbocycles. The second-order valence-corrected chi connectivity index (χ2v) is 5.33. The van der Waals surface area contributed by atoms with E-state index in [2.05, 4.69) is 41.2 Å². The summed E-state index contributed by atoms with van der Waals surface area (Å²) in [5, 5.41) is 12.3. The number of hydrogen-bond donors (Lipinski definition) is 3. The number of fused-ring (bicyclic) bond motifs is 1. The summed E-state index contributed by atoms with van der Waals surface area (Å²) in [7, 11) is 0. The molecule has 0 radical (unpaired) electrons. The summed E-state index contributed by atoms with van der Waals surface area (Å²) >= 11 is 9.19. The highest BCUT2D eigenvalue weighted by molar-refractivity contribution is 9.10. The van der Waals surface area contributed by atoms with E-state index in [-0.39, 0.29) is 22.4 Å². The van der Waals surface area contributed by atoms with Crippen molar-refractivity contribution in [1.29, 1.82) is 0 Å². The Morgan fingerprint density at radius 3 is 3.00 bits per heavy atom. The van der Waals surface area contributed by atoms with Crippen LogP contribution < -0.4 is 5.32 Å². The minimum atomic E-state index is -0.556. The maximum absolute atomic E-state index is 12.1. The van der Waals surface area contributed by atoms with E-state index in [0.29, 0.717) is 15.6 Å². The molecular weight excluding hydrogens is 362 g/mol. The Morgan fingerprint density at radius 1 is 1.38 bits per heavy atom. The van der Waals surface area contributed by atoms with Crippen LogP contribution in [0.25, 0.3) is 11.2 Å². The number of benzene rings is 1. The lowest BCUT2D eigenvalue weighted by molar-refractivity contribution is 0.102. The van der Waals surface area contributed by atoms with Gasteiger partial charge in [-0.2, -0.15) is 9.97 Å². The summed E-state index contributed by atoms with van der Waals surface area (Å²) < 4.78 is 0.659. The standard InChI is InChI=1S/C12H7BrClN5O2/c13-5-1-2-7(20)6(3-5)11(21)19-12-17-9(14)8-10(18-12)16-4-15-8/h1-4,20H,(H2,15,16,17,18,19,21). The van der Waals surface area contributed by atoms with Gasteiger partial charge in [0.25, 0.3) is 5.91 Å². The van der Waals surface area contributed by atoms with Crippen LogP contribution in [0.5, 0.6) is 5.75 Å². The van der Waals surface area contributed by atoms with Crippen molar-refractivity contribution in [3.8, 4) is 5.75 Å². The van der Waals surface area contributed by atoms with Gasteiger partial charge in [-0.1, -0.05) is 27.5 Å². The lowest BCUT2D eigenvalue weighted by Crippen LogP contribution is -2.14. The number of imidazole rings is 1. The molecule has 3 N–H and O–H groups in total. The molecule has 7 nitrogen and oxygen atoms in total. The second kappa shape index (κ2) is 5.30. The molecule has 3 aromatic rings. The molecule has 106 valence electrons. The summed E-state index contributed by atoms with van der Waals surface area (Å²) in [4.78, 5) is 26.9. The molecule has 2 heterocycles. The Kier molecular flexibility index (Phi) is 3.48. The third-order valence-corrected chi connectivity index (χ3v) is 3.44. The van der Waals surface area contributed by atoms with E-state index in [0.717, 1.165) is 0 Å². The van der Waals surface area contributed by atoms with Crippen molar-refractivity contribution < 1.29 is 9.90 Å². The monoisotopic (exact) mass is 367 g/mol. The zero-order valence-corrected chi connectivity index (χ0v) is 12.6. The third-order valence-electron chi connectivity index (χ3n) is 2.67. The Bertz CT molecular complexity index is 851. The van der Waals surface area contributed by atoms with E-state index < -0.39 is 5.91 Å². The zero-order chi connectivity index (χ0) is 15.0. The molecule has 0 saturated heterocycles. The summed E-state index contributed by atoms with van der Waals surface area (Å²) in [6, 6.07) is 4.51. The minimum absolute atomic E-state index is 0.00368. The summed E-state index contributed by atoms with van der Waals surface area (Å²) in [6.45, 7) is 0. The first-order valence-corrected chi connectivity index (χ1v) is 6.88. The van der Waals surface area contributed by atoms with Gasteiger partial charge in [-0.25, -0.2) is 4.98 Å². The Labute approximate surface area is 131 Å². The van der Waals surface area contributed by atoms with Crippen molar-refractivity contribution in [2.24, 2.45) is 0 Å². The van der Waals surface area contributed by atoms with Crippen LogP contribution in [0.15, 0.2) is 29.0 Å². The Morgan fingerprint density at radius 2 is 2.19 bits per heavy atom. The number of carbonyl (C=O) groups excluding carboxylic acids is 1. The molecule has 1 aromatic carbocycles. The number of hydrogen-bond acceptors (Lipinski definition) is 5. The van der Waals surface area contributed by atoms with Crippen molar-refractivity contribution in [2.45, 2.75) is 0 Å². The molecule has 2 aromatic heterocycles. The van der Waals surface area contributed by atoms with Gasteiger partial charge in [-0.15, -0.1) is 0 Å². The SMILES string of the molecule is O=C(Nc1nc(Cl)c2[nH]cnc2n1)c1cc(Br)ccc1O. The number of nitrogens with one attached hydrogen (secondary N) is 2. The van der Waals surface area contributed by atoms with Crippen LogP contribution in [0.4, 0.5) is 5.95 Å². The average molecular weight is 369 g/mol. The van der Waals surface area contributed by atoms with Gasteiger partial charge in [0.2, 0.25) is 5.95 Å². The summed E-state index contributed by atoms with van der Waals surface area (Å²) in [5.74, 6) is -0.702. The highest BCUT2D eigenvalue weighted by atomic mass is 79.9. The number of aromatic amines is 1. The number of halogens is 2. The lowest BCUT2D eigenvalue weighted by Gasteiger charge is -2.06. The topological polar surface area (TPSA) is 104 Å². The summed E-state index contributed by atoms with van der Waals surface area (Å²) in [5.41, 5.74) is 0.912. The normalized spacial score (nSPS) is 10.8. The number of aromatic hydroxyl groups is 1. The fourth-order valence-corrected chi connectivity index (χ4v) is 2.29. The minimum Gasteiger partial charge on any atom is -0.507 e. The van der Waals surface area contributed by atoms with Crippen molar-refractivity contribution in [1.82, 2.24) is 19.9 Å². The number of carbonyl (C=O) groups is 1. The molecule has 0 bridgehead atoms. The largest absolute Gasteiger partial charge is 0.507 e. The predicted octanol–water partition coefficient (Wildman–Crippen LogP) is 2.73. The van der Waals surface area contributed by atoms with Crippen LogP contribution in [-0.2, 0) is 0 Å². The highest BCUT2D eigenvalue weighted by Gasteiger charge is 2.15. The van der Waals surface area contributed by atoms with Crippen LogP contribution in [0.2, 0.25) is 5.15 Å². The maximum Gasteiger partial charge on any atom is 0.261 e. The zero-order valence-electron chi connectivity index (χ0n) is 10.3. The third kappa shape index (κ3) is 2.67. The van der Waals surface area contributed by atoms with E-state index >= 15 is 0 Å². The fraction of sp³-hybridized carbons (Fsp3) is 0. The molecule has 9 heteroatoms. The number of amides is 1. The molecule has 0 spiro atoms. The van der Waals surface area contributed by atoms with Crippen molar-refractivity contribution in [2.75, 3.05) is 5.32 Å². The Balaban J connectivity index is 1.94. The van der Waals surface area contributed by atoms with Crippen molar-refractivity contribution >= 4 is 50.6 Å². The van der Waals surface area contributed by atoms with Gasteiger partial charge >= 0.3 is 0 Å². The van der Waals surface area contributed by atoms with Crippen LogP contribution in [-0.4, -0.2) is 30.9 Å². The van der Waals surface area contributed by atoms with Gasteiger partial charge in [0.05, 0.1) is 11.9 Å². The number of phenolic OH excluding ortho intramolecular Hbond substituents is 1. The number of rotatable bonds is 2.